The summed E-state index contributed by atoms with van der Waals surface area (Å²) in [6.45, 7) is 4.95. The number of aromatic nitrogens is 2. The molecule has 1 aliphatic carbocycles. The second kappa shape index (κ2) is 5.57. The number of amides is 1. The van der Waals surface area contributed by atoms with E-state index in [2.05, 4.69) is 4.98 Å². The summed E-state index contributed by atoms with van der Waals surface area (Å²) >= 11 is 0. The largest absolute Gasteiger partial charge is 0.438 e. The van der Waals surface area contributed by atoms with Crippen LogP contribution in [0.5, 0.6) is 0 Å². The van der Waals surface area contributed by atoms with Crippen LogP contribution in [0.3, 0.4) is 0 Å². The van der Waals surface area contributed by atoms with Crippen molar-refractivity contribution >= 4 is 6.09 Å². The molecule has 1 aliphatic heterocycles. The fraction of sp³-hybridized carbons (Fsp3) is 0.750. The van der Waals surface area contributed by atoms with E-state index in [1.807, 2.05) is 17.7 Å². The Bertz CT molecular complexity index is 547. The Labute approximate surface area is 131 Å². The third-order valence-electron chi connectivity index (χ3n) is 5.26. The molecule has 22 heavy (non-hydrogen) atoms. The molecule has 2 heterocycles. The molecule has 1 amide bonds. The van der Waals surface area contributed by atoms with Gasteiger partial charge in [-0.3, -0.25) is 4.90 Å². The van der Waals surface area contributed by atoms with Crippen molar-refractivity contribution in [3.05, 3.63) is 18.2 Å². The smallest absolute Gasteiger partial charge is 0.412 e. The van der Waals surface area contributed by atoms with Crippen molar-refractivity contribution in [3.8, 4) is 0 Å². The number of nitrogens with zero attached hydrogens (tertiary/aromatic N) is 3. The lowest BCUT2D eigenvalue weighted by molar-refractivity contribution is -0.158. The van der Waals surface area contributed by atoms with Crippen LogP contribution in [0.1, 0.15) is 51.3 Å². The van der Waals surface area contributed by atoms with Gasteiger partial charge in [0.2, 0.25) is 0 Å². The summed E-state index contributed by atoms with van der Waals surface area (Å²) in [5, 5.41) is 11.0. The molecule has 6 heteroatoms. The predicted molar refractivity (Wildman–Crippen MR) is 81.2 cm³/mol. The van der Waals surface area contributed by atoms with Gasteiger partial charge in [-0.2, -0.15) is 0 Å². The van der Waals surface area contributed by atoms with E-state index in [-0.39, 0.29) is 6.09 Å². The molecule has 2 aliphatic rings. The maximum Gasteiger partial charge on any atom is 0.412 e. The molecule has 0 radical (unpaired) electrons. The van der Waals surface area contributed by atoms with Crippen LogP contribution in [0, 0.1) is 6.92 Å². The Morgan fingerprint density at radius 3 is 2.68 bits per heavy atom. The minimum Gasteiger partial charge on any atom is -0.438 e. The van der Waals surface area contributed by atoms with E-state index >= 15 is 0 Å². The minimum atomic E-state index is -1.21. The van der Waals surface area contributed by atoms with Crippen LogP contribution in [-0.4, -0.2) is 43.5 Å². The maximum absolute atomic E-state index is 12.2. The third kappa shape index (κ3) is 2.39. The quantitative estimate of drug-likeness (QED) is 0.927. The molecule has 1 aromatic heterocycles. The molecule has 1 atom stereocenters. The monoisotopic (exact) mass is 307 g/mol. The van der Waals surface area contributed by atoms with Crippen molar-refractivity contribution in [3.63, 3.8) is 0 Å². The van der Waals surface area contributed by atoms with Gasteiger partial charge >= 0.3 is 6.09 Å². The van der Waals surface area contributed by atoms with E-state index in [4.69, 9.17) is 4.74 Å². The van der Waals surface area contributed by atoms with Crippen molar-refractivity contribution < 1.29 is 14.6 Å². The molecule has 1 saturated heterocycles. The molecule has 0 unspecified atom stereocenters. The average molecular weight is 307 g/mol. The molecular formula is C16H25N3O3. The van der Waals surface area contributed by atoms with Gasteiger partial charge in [-0.05, 0) is 46.0 Å². The first-order valence-corrected chi connectivity index (χ1v) is 8.17. The van der Waals surface area contributed by atoms with Gasteiger partial charge in [0.25, 0.3) is 0 Å². The van der Waals surface area contributed by atoms with Crippen LogP contribution in [0.2, 0.25) is 0 Å². The lowest BCUT2D eigenvalue weighted by atomic mass is 9.77. The van der Waals surface area contributed by atoms with E-state index in [1.54, 1.807) is 13.1 Å². The molecular weight excluding hydrogens is 282 g/mol. The molecule has 3 rings (SSSR count). The highest BCUT2D eigenvalue weighted by Crippen LogP contribution is 2.46. The number of aliphatic hydroxyl groups is 1. The predicted octanol–water partition coefficient (Wildman–Crippen LogP) is 2.45. The van der Waals surface area contributed by atoms with Crippen molar-refractivity contribution in [2.75, 3.05) is 6.54 Å². The highest BCUT2D eigenvalue weighted by atomic mass is 16.6. The van der Waals surface area contributed by atoms with Crippen molar-refractivity contribution in [1.29, 1.82) is 0 Å². The number of carbonyl (C=O) groups excluding carboxylic acids is 1. The van der Waals surface area contributed by atoms with Gasteiger partial charge in [0.1, 0.15) is 5.82 Å². The summed E-state index contributed by atoms with van der Waals surface area (Å²) in [5.74, 6) is 0.958. The first-order valence-electron chi connectivity index (χ1n) is 8.17. The van der Waals surface area contributed by atoms with E-state index in [0.717, 1.165) is 50.9 Å². The molecule has 0 aromatic carbocycles. The summed E-state index contributed by atoms with van der Waals surface area (Å²) in [4.78, 5) is 17.9. The SMILES string of the molecule is Cc1nccn1CCCN1C(=O)OC2(CCCCC2)[C@@]1(C)O. The van der Waals surface area contributed by atoms with Gasteiger partial charge in [-0.25, -0.2) is 9.78 Å². The van der Waals surface area contributed by atoms with E-state index in [1.165, 1.54) is 4.90 Å². The zero-order valence-corrected chi connectivity index (χ0v) is 13.4. The van der Waals surface area contributed by atoms with Crippen LogP contribution in [0.15, 0.2) is 12.4 Å². The molecule has 1 N–H and O–H groups in total. The maximum atomic E-state index is 12.2. The van der Waals surface area contributed by atoms with Crippen molar-refractivity contribution in [2.24, 2.45) is 0 Å². The molecule has 2 fully saturated rings. The molecule has 1 aromatic rings. The fourth-order valence-electron chi connectivity index (χ4n) is 3.79. The summed E-state index contributed by atoms with van der Waals surface area (Å²) in [6, 6.07) is 0. The van der Waals surface area contributed by atoms with Gasteiger partial charge in [0.05, 0.1) is 0 Å². The number of ether oxygens (including phenoxy) is 1. The molecule has 1 spiro atoms. The number of carbonyl (C=O) groups is 1. The van der Waals surface area contributed by atoms with Crippen LogP contribution >= 0.6 is 0 Å². The zero-order chi connectivity index (χ0) is 15.8. The summed E-state index contributed by atoms with van der Waals surface area (Å²) in [6.07, 6.45) is 8.75. The van der Waals surface area contributed by atoms with Gasteiger partial charge in [-0.1, -0.05) is 6.42 Å². The van der Waals surface area contributed by atoms with Crippen molar-refractivity contribution in [1.82, 2.24) is 14.5 Å². The summed E-state index contributed by atoms with van der Waals surface area (Å²) < 4.78 is 7.70. The number of hydrogen-bond acceptors (Lipinski definition) is 4. The lowest BCUT2D eigenvalue weighted by Crippen LogP contribution is -2.57. The molecule has 6 nitrogen and oxygen atoms in total. The molecule has 0 bridgehead atoms. The van der Waals surface area contributed by atoms with E-state index < -0.39 is 11.3 Å². The number of imidazole rings is 1. The highest BCUT2D eigenvalue weighted by Gasteiger charge is 2.61. The Morgan fingerprint density at radius 1 is 1.32 bits per heavy atom. The van der Waals surface area contributed by atoms with Crippen LogP contribution in [0.25, 0.3) is 0 Å². The van der Waals surface area contributed by atoms with Crippen LogP contribution in [0.4, 0.5) is 4.79 Å². The molecule has 1 saturated carbocycles. The van der Waals surface area contributed by atoms with Gasteiger partial charge < -0.3 is 14.4 Å². The van der Waals surface area contributed by atoms with Crippen molar-refractivity contribution in [2.45, 2.75) is 70.2 Å². The first kappa shape index (κ1) is 15.3. The van der Waals surface area contributed by atoms with Gasteiger partial charge in [0.15, 0.2) is 11.3 Å². The Hall–Kier alpha value is -1.56. The van der Waals surface area contributed by atoms with Crippen LogP contribution in [-0.2, 0) is 11.3 Å². The zero-order valence-electron chi connectivity index (χ0n) is 13.4. The van der Waals surface area contributed by atoms with E-state index in [9.17, 15) is 9.90 Å². The second-order valence-corrected chi connectivity index (χ2v) is 6.62. The normalized spacial score (nSPS) is 27.4. The third-order valence-corrected chi connectivity index (χ3v) is 5.26. The average Bonchev–Trinajstić information content (AvgIpc) is 2.95. The second-order valence-electron chi connectivity index (χ2n) is 6.62. The van der Waals surface area contributed by atoms with Crippen LogP contribution < -0.4 is 0 Å². The Kier molecular flexibility index (Phi) is 3.89. The number of hydrogen-bond donors (Lipinski definition) is 1. The topological polar surface area (TPSA) is 67.6 Å². The first-order chi connectivity index (χ1) is 10.5. The number of aryl methyl sites for hydroxylation is 2. The Balaban J connectivity index is 1.65. The standard InChI is InChI=1S/C16H25N3O3/c1-13-17-9-12-18(13)10-6-11-19-14(20)22-16(15(19,2)21)7-4-3-5-8-16/h9,12,21H,3-8,10-11H2,1-2H3/t15-/m1/s1. The number of rotatable bonds is 4. The minimum absolute atomic E-state index is 0.380. The fourth-order valence-corrected chi connectivity index (χ4v) is 3.79. The lowest BCUT2D eigenvalue weighted by Gasteiger charge is -2.42. The highest BCUT2D eigenvalue weighted by molar-refractivity contribution is 5.72. The van der Waals surface area contributed by atoms with E-state index in [0.29, 0.717) is 6.54 Å². The molecule has 122 valence electrons. The van der Waals surface area contributed by atoms with Gasteiger partial charge in [0, 0.05) is 25.5 Å². The summed E-state index contributed by atoms with van der Waals surface area (Å²) in [7, 11) is 0. The summed E-state index contributed by atoms with van der Waals surface area (Å²) in [5.41, 5.74) is -1.93. The van der Waals surface area contributed by atoms with Gasteiger partial charge in [-0.15, -0.1) is 0 Å². The Morgan fingerprint density at radius 2 is 2.05 bits per heavy atom.